The van der Waals surface area contributed by atoms with Gasteiger partial charge in [-0.1, -0.05) is 36.4 Å². The molecular formula is C26H25N5O. The van der Waals surface area contributed by atoms with E-state index in [1.165, 1.54) is 5.69 Å². The summed E-state index contributed by atoms with van der Waals surface area (Å²) in [7, 11) is 1.81. The number of ether oxygens (including phenoxy) is 1. The van der Waals surface area contributed by atoms with Gasteiger partial charge in [0.1, 0.15) is 5.65 Å². The number of benzene rings is 1. The van der Waals surface area contributed by atoms with Crippen LogP contribution in [-0.2, 0) is 4.74 Å². The standard InChI is InChI=1S/C26H25N5O/c1-32-20-10-7-18(8-11-20)24-21-13-14-27-25(21)31-26(30-24)22(16-29-31)19-9-12-23(28-15-19)17-5-3-2-4-6-17/h2-6,9,12-16,18,20,27H,7-8,10-11H2,1H3/t18-,20+. The third-order valence-corrected chi connectivity index (χ3v) is 6.72. The van der Waals surface area contributed by atoms with E-state index in [1.54, 1.807) is 0 Å². The fraction of sp³-hybridized carbons (Fsp3) is 0.269. The molecular weight excluding hydrogens is 398 g/mol. The molecule has 1 N–H and O–H groups in total. The second-order valence-corrected chi connectivity index (χ2v) is 8.54. The van der Waals surface area contributed by atoms with Gasteiger partial charge in [0.25, 0.3) is 0 Å². The fourth-order valence-corrected chi connectivity index (χ4v) is 4.95. The van der Waals surface area contributed by atoms with Crippen LogP contribution in [-0.4, -0.2) is 37.8 Å². The summed E-state index contributed by atoms with van der Waals surface area (Å²) in [5, 5.41) is 5.82. The molecule has 1 aliphatic carbocycles. The number of H-pyrrole nitrogens is 1. The van der Waals surface area contributed by atoms with Gasteiger partial charge in [-0.15, -0.1) is 0 Å². The zero-order valence-electron chi connectivity index (χ0n) is 18.0. The summed E-state index contributed by atoms with van der Waals surface area (Å²) in [6.45, 7) is 0. The average molecular weight is 424 g/mol. The van der Waals surface area contributed by atoms with Gasteiger partial charge in [-0.3, -0.25) is 4.98 Å². The Bertz CT molecular complexity index is 1360. The van der Waals surface area contributed by atoms with Crippen LogP contribution in [0.1, 0.15) is 37.3 Å². The van der Waals surface area contributed by atoms with Crippen molar-refractivity contribution in [3.05, 3.63) is 72.8 Å². The lowest BCUT2D eigenvalue weighted by Crippen LogP contribution is -2.20. The van der Waals surface area contributed by atoms with E-state index in [1.807, 2.05) is 48.4 Å². The number of pyridine rings is 1. The number of aromatic nitrogens is 5. The van der Waals surface area contributed by atoms with Crippen molar-refractivity contribution in [2.24, 2.45) is 0 Å². The molecule has 0 saturated heterocycles. The molecule has 6 rings (SSSR count). The van der Waals surface area contributed by atoms with Crippen LogP contribution in [0.4, 0.5) is 0 Å². The third kappa shape index (κ3) is 3.19. The third-order valence-electron chi connectivity index (χ3n) is 6.72. The molecule has 6 heteroatoms. The van der Waals surface area contributed by atoms with Crippen LogP contribution in [0, 0.1) is 0 Å². The highest BCUT2D eigenvalue weighted by Crippen LogP contribution is 2.37. The van der Waals surface area contributed by atoms with Gasteiger partial charge < -0.3 is 9.72 Å². The van der Waals surface area contributed by atoms with Crippen molar-refractivity contribution in [1.29, 1.82) is 0 Å². The Balaban J connectivity index is 1.42. The maximum Gasteiger partial charge on any atom is 0.165 e. The summed E-state index contributed by atoms with van der Waals surface area (Å²) in [6, 6.07) is 16.5. The Morgan fingerprint density at radius 3 is 2.53 bits per heavy atom. The number of hydrogen-bond donors (Lipinski definition) is 1. The van der Waals surface area contributed by atoms with Crippen molar-refractivity contribution in [2.75, 3.05) is 7.11 Å². The maximum atomic E-state index is 5.58. The van der Waals surface area contributed by atoms with Gasteiger partial charge in [-0.05, 0) is 37.8 Å². The molecule has 0 radical (unpaired) electrons. The highest BCUT2D eigenvalue weighted by molar-refractivity contribution is 5.86. The Morgan fingerprint density at radius 2 is 1.78 bits per heavy atom. The minimum absolute atomic E-state index is 0.372. The summed E-state index contributed by atoms with van der Waals surface area (Å²) >= 11 is 0. The monoisotopic (exact) mass is 423 g/mol. The molecule has 0 spiro atoms. The van der Waals surface area contributed by atoms with Crippen molar-refractivity contribution in [2.45, 2.75) is 37.7 Å². The number of methoxy groups -OCH3 is 1. The molecule has 6 nitrogen and oxygen atoms in total. The van der Waals surface area contributed by atoms with Crippen LogP contribution in [0.15, 0.2) is 67.1 Å². The summed E-state index contributed by atoms with van der Waals surface area (Å²) in [5.74, 6) is 0.436. The first-order valence-corrected chi connectivity index (χ1v) is 11.2. The molecule has 1 fully saturated rings. The lowest BCUT2D eigenvalue weighted by Gasteiger charge is -2.27. The van der Waals surface area contributed by atoms with Crippen molar-refractivity contribution in [1.82, 2.24) is 24.6 Å². The largest absolute Gasteiger partial charge is 0.381 e. The van der Waals surface area contributed by atoms with Gasteiger partial charge in [0.05, 0.1) is 23.7 Å². The Hall–Kier alpha value is -3.51. The highest BCUT2D eigenvalue weighted by atomic mass is 16.5. The molecule has 0 unspecified atom stereocenters. The molecule has 4 heterocycles. The predicted octanol–water partition coefficient (Wildman–Crippen LogP) is 5.61. The number of nitrogens with one attached hydrogen (secondary N) is 1. The Morgan fingerprint density at radius 1 is 0.938 bits per heavy atom. The number of nitrogens with zero attached hydrogens (tertiary/aromatic N) is 4. The van der Waals surface area contributed by atoms with Gasteiger partial charge in [0.15, 0.2) is 5.65 Å². The molecule has 0 aliphatic heterocycles. The second-order valence-electron chi connectivity index (χ2n) is 8.54. The lowest BCUT2D eigenvalue weighted by molar-refractivity contribution is 0.0656. The zero-order valence-corrected chi connectivity index (χ0v) is 18.0. The van der Waals surface area contributed by atoms with Gasteiger partial charge in [-0.25, -0.2) is 4.98 Å². The first kappa shape index (κ1) is 19.2. The van der Waals surface area contributed by atoms with Gasteiger partial charge in [0, 0.05) is 47.5 Å². The molecule has 0 amide bonds. The predicted molar refractivity (Wildman–Crippen MR) is 126 cm³/mol. The molecule has 5 aromatic rings. The first-order valence-electron chi connectivity index (χ1n) is 11.2. The van der Waals surface area contributed by atoms with Gasteiger partial charge in [0.2, 0.25) is 0 Å². The van der Waals surface area contributed by atoms with Crippen molar-refractivity contribution < 1.29 is 4.74 Å². The van der Waals surface area contributed by atoms with E-state index in [-0.39, 0.29) is 0 Å². The van der Waals surface area contributed by atoms with Crippen molar-refractivity contribution >= 4 is 16.7 Å². The van der Waals surface area contributed by atoms with E-state index >= 15 is 0 Å². The molecule has 1 saturated carbocycles. The van der Waals surface area contributed by atoms with E-state index < -0.39 is 0 Å². The minimum Gasteiger partial charge on any atom is -0.381 e. The SMILES string of the molecule is CO[C@H]1CC[C@@H](c2nc3c(-c4ccc(-c5ccccc5)nc4)cnn3c3[nH]ccc32)CC1. The normalized spacial score (nSPS) is 19.0. The fourth-order valence-electron chi connectivity index (χ4n) is 4.95. The maximum absolute atomic E-state index is 5.58. The summed E-state index contributed by atoms with van der Waals surface area (Å²) in [4.78, 5) is 13.3. The van der Waals surface area contributed by atoms with E-state index in [2.05, 4.69) is 40.4 Å². The van der Waals surface area contributed by atoms with Crippen LogP contribution < -0.4 is 0 Å². The summed E-state index contributed by atoms with van der Waals surface area (Å²) in [6.07, 6.45) is 10.5. The average Bonchev–Trinajstić information content (AvgIpc) is 3.51. The second kappa shape index (κ2) is 7.88. The summed E-state index contributed by atoms with van der Waals surface area (Å²) in [5.41, 5.74) is 7.13. The number of aromatic amines is 1. The quantitative estimate of drug-likeness (QED) is 0.408. The van der Waals surface area contributed by atoms with Crippen molar-refractivity contribution in [3.63, 3.8) is 0 Å². The molecule has 1 aromatic carbocycles. The van der Waals surface area contributed by atoms with Gasteiger partial charge in [-0.2, -0.15) is 9.61 Å². The molecule has 1 aliphatic rings. The Labute approximate surface area is 186 Å². The minimum atomic E-state index is 0.372. The van der Waals surface area contributed by atoms with E-state index in [0.29, 0.717) is 12.0 Å². The van der Waals surface area contributed by atoms with Crippen LogP contribution in [0.2, 0.25) is 0 Å². The zero-order chi connectivity index (χ0) is 21.5. The van der Waals surface area contributed by atoms with Crippen LogP contribution in [0.3, 0.4) is 0 Å². The topological polar surface area (TPSA) is 68.1 Å². The number of rotatable bonds is 4. The smallest absolute Gasteiger partial charge is 0.165 e. The van der Waals surface area contributed by atoms with Crippen molar-refractivity contribution in [3.8, 4) is 22.4 Å². The number of hydrogen-bond acceptors (Lipinski definition) is 4. The molecule has 32 heavy (non-hydrogen) atoms. The lowest BCUT2D eigenvalue weighted by atomic mass is 9.84. The van der Waals surface area contributed by atoms with Crippen LogP contribution in [0.25, 0.3) is 39.1 Å². The van der Waals surface area contributed by atoms with Crippen LogP contribution >= 0.6 is 0 Å². The van der Waals surface area contributed by atoms with Crippen LogP contribution in [0.5, 0.6) is 0 Å². The molecule has 0 atom stereocenters. The van der Waals surface area contributed by atoms with E-state index in [0.717, 1.165) is 64.7 Å². The Kier molecular flexibility index (Phi) is 4.72. The van der Waals surface area contributed by atoms with E-state index in [4.69, 9.17) is 14.7 Å². The molecule has 160 valence electrons. The highest BCUT2D eigenvalue weighted by Gasteiger charge is 2.26. The first-order chi connectivity index (χ1) is 15.8. The molecule has 4 aromatic heterocycles. The number of fused-ring (bicyclic) bond motifs is 3. The van der Waals surface area contributed by atoms with E-state index in [9.17, 15) is 0 Å². The summed E-state index contributed by atoms with van der Waals surface area (Å²) < 4.78 is 7.49. The van der Waals surface area contributed by atoms with Gasteiger partial charge >= 0.3 is 0 Å². The molecule has 0 bridgehead atoms.